The SMILES string of the molecule is O=C(Nc1cccc(Cn2nc3ccccn3c2=O)c1)c1cc(-c2cccnc2)on1. The summed E-state index contributed by atoms with van der Waals surface area (Å²) in [6, 6.07) is 17.7. The van der Waals surface area contributed by atoms with Gasteiger partial charge in [0.15, 0.2) is 17.1 Å². The van der Waals surface area contributed by atoms with Gasteiger partial charge in [-0.2, -0.15) is 0 Å². The first-order chi connectivity index (χ1) is 15.2. The molecule has 9 nitrogen and oxygen atoms in total. The molecule has 0 unspecified atom stereocenters. The number of benzene rings is 1. The van der Waals surface area contributed by atoms with Crippen molar-refractivity contribution < 1.29 is 9.32 Å². The minimum absolute atomic E-state index is 0.154. The highest BCUT2D eigenvalue weighted by Gasteiger charge is 2.14. The first kappa shape index (κ1) is 18.5. The van der Waals surface area contributed by atoms with Gasteiger partial charge in [0.05, 0.1) is 6.54 Å². The van der Waals surface area contributed by atoms with Crippen molar-refractivity contribution >= 4 is 17.2 Å². The first-order valence-corrected chi connectivity index (χ1v) is 9.49. The average molecular weight is 412 g/mol. The van der Waals surface area contributed by atoms with E-state index in [-0.39, 0.29) is 17.9 Å². The lowest BCUT2D eigenvalue weighted by Crippen LogP contribution is -2.21. The van der Waals surface area contributed by atoms with Gasteiger partial charge < -0.3 is 9.84 Å². The van der Waals surface area contributed by atoms with Crippen molar-refractivity contribution in [3.8, 4) is 11.3 Å². The zero-order valence-corrected chi connectivity index (χ0v) is 16.2. The van der Waals surface area contributed by atoms with E-state index in [1.54, 1.807) is 61.1 Å². The summed E-state index contributed by atoms with van der Waals surface area (Å²) in [6.07, 6.45) is 4.96. The molecule has 4 heterocycles. The third-order valence-electron chi connectivity index (χ3n) is 4.69. The summed E-state index contributed by atoms with van der Waals surface area (Å²) in [5.41, 5.74) is 2.63. The highest BCUT2D eigenvalue weighted by atomic mass is 16.5. The van der Waals surface area contributed by atoms with E-state index in [0.717, 1.165) is 11.1 Å². The smallest absolute Gasteiger partial charge is 0.350 e. The molecule has 0 aliphatic carbocycles. The lowest BCUT2D eigenvalue weighted by molar-refractivity contribution is 0.101. The van der Waals surface area contributed by atoms with Gasteiger partial charge in [-0.25, -0.2) is 9.48 Å². The Bertz CT molecular complexity index is 1430. The lowest BCUT2D eigenvalue weighted by Gasteiger charge is -2.06. The van der Waals surface area contributed by atoms with E-state index in [2.05, 4.69) is 20.6 Å². The number of pyridine rings is 2. The fourth-order valence-electron chi connectivity index (χ4n) is 3.21. The summed E-state index contributed by atoms with van der Waals surface area (Å²) >= 11 is 0. The zero-order chi connectivity index (χ0) is 21.2. The Morgan fingerprint density at radius 1 is 1.06 bits per heavy atom. The van der Waals surface area contributed by atoms with Crippen LogP contribution in [0.4, 0.5) is 5.69 Å². The van der Waals surface area contributed by atoms with Gasteiger partial charge in [-0.1, -0.05) is 23.4 Å². The fraction of sp³-hybridized carbons (Fsp3) is 0.0455. The number of nitrogens with one attached hydrogen (secondary N) is 1. The van der Waals surface area contributed by atoms with Gasteiger partial charge in [0.1, 0.15) is 0 Å². The summed E-state index contributed by atoms with van der Waals surface area (Å²) < 4.78 is 8.12. The Morgan fingerprint density at radius 3 is 2.84 bits per heavy atom. The summed E-state index contributed by atoms with van der Waals surface area (Å²) in [7, 11) is 0. The predicted molar refractivity (Wildman–Crippen MR) is 113 cm³/mol. The molecule has 0 aliphatic rings. The molecule has 0 atom stereocenters. The number of hydrogen-bond acceptors (Lipinski definition) is 6. The highest BCUT2D eigenvalue weighted by Crippen LogP contribution is 2.20. The molecular formula is C22H16N6O3. The van der Waals surface area contributed by atoms with Crippen LogP contribution in [-0.4, -0.2) is 30.2 Å². The Morgan fingerprint density at radius 2 is 2.00 bits per heavy atom. The van der Waals surface area contributed by atoms with Crippen LogP contribution in [-0.2, 0) is 6.54 Å². The van der Waals surface area contributed by atoms with Gasteiger partial charge >= 0.3 is 5.69 Å². The van der Waals surface area contributed by atoms with Gasteiger partial charge in [-0.05, 0) is 42.0 Å². The second-order valence-corrected chi connectivity index (χ2v) is 6.84. The van der Waals surface area contributed by atoms with Crippen LogP contribution >= 0.6 is 0 Å². The zero-order valence-electron chi connectivity index (χ0n) is 16.2. The standard InChI is InChI=1S/C22H16N6O3/c29-21(18-12-19(31-26-18)16-6-4-9-23-13-16)24-17-7-3-5-15(11-17)14-28-22(30)27-10-2-1-8-20(27)25-28/h1-13H,14H2,(H,24,29). The maximum atomic E-state index is 12.6. The molecule has 0 spiro atoms. The maximum absolute atomic E-state index is 12.6. The molecule has 31 heavy (non-hydrogen) atoms. The molecular weight excluding hydrogens is 396 g/mol. The van der Waals surface area contributed by atoms with Crippen molar-refractivity contribution in [3.05, 3.63) is 101 Å². The number of rotatable bonds is 5. The molecule has 0 radical (unpaired) electrons. The molecule has 0 bridgehead atoms. The van der Waals surface area contributed by atoms with Crippen molar-refractivity contribution in [1.29, 1.82) is 0 Å². The maximum Gasteiger partial charge on any atom is 0.350 e. The normalized spacial score (nSPS) is 11.0. The fourth-order valence-corrected chi connectivity index (χ4v) is 3.21. The van der Waals surface area contributed by atoms with Crippen LogP contribution in [0.25, 0.3) is 17.0 Å². The van der Waals surface area contributed by atoms with E-state index in [9.17, 15) is 9.59 Å². The van der Waals surface area contributed by atoms with Crippen LogP contribution in [0.2, 0.25) is 0 Å². The monoisotopic (exact) mass is 412 g/mol. The minimum Gasteiger partial charge on any atom is -0.355 e. The summed E-state index contributed by atoms with van der Waals surface area (Å²) in [6.45, 7) is 0.277. The number of aromatic nitrogens is 5. The van der Waals surface area contributed by atoms with Crippen LogP contribution < -0.4 is 11.0 Å². The van der Waals surface area contributed by atoms with Gasteiger partial charge in [0, 0.05) is 35.9 Å². The van der Waals surface area contributed by atoms with Crippen molar-refractivity contribution in [3.63, 3.8) is 0 Å². The van der Waals surface area contributed by atoms with Crippen LogP contribution in [0.15, 0.2) is 88.6 Å². The summed E-state index contributed by atoms with van der Waals surface area (Å²) in [5.74, 6) is 0.0548. The van der Waals surface area contributed by atoms with E-state index >= 15 is 0 Å². The Labute approximate surface area is 175 Å². The van der Waals surface area contributed by atoms with Crippen molar-refractivity contribution in [1.82, 2.24) is 24.3 Å². The largest absolute Gasteiger partial charge is 0.355 e. The average Bonchev–Trinajstić information content (AvgIpc) is 3.41. The predicted octanol–water partition coefficient (Wildman–Crippen LogP) is 2.85. The molecule has 0 aliphatic heterocycles. The van der Waals surface area contributed by atoms with Crippen molar-refractivity contribution in [2.24, 2.45) is 0 Å². The van der Waals surface area contributed by atoms with E-state index in [1.807, 2.05) is 18.2 Å². The van der Waals surface area contributed by atoms with E-state index in [4.69, 9.17) is 4.52 Å². The highest BCUT2D eigenvalue weighted by molar-refractivity contribution is 6.03. The number of carbonyl (C=O) groups excluding carboxylic acids is 1. The van der Waals surface area contributed by atoms with Crippen molar-refractivity contribution in [2.75, 3.05) is 5.32 Å². The number of carbonyl (C=O) groups is 1. The first-order valence-electron chi connectivity index (χ1n) is 9.49. The number of anilines is 1. The number of nitrogens with zero attached hydrogens (tertiary/aromatic N) is 5. The Hall–Kier alpha value is -4.53. The quantitative estimate of drug-likeness (QED) is 0.476. The second-order valence-electron chi connectivity index (χ2n) is 6.84. The number of fused-ring (bicyclic) bond motifs is 1. The molecule has 0 saturated carbocycles. The third kappa shape index (κ3) is 3.71. The second kappa shape index (κ2) is 7.71. The van der Waals surface area contributed by atoms with Crippen LogP contribution in [0.5, 0.6) is 0 Å². The van der Waals surface area contributed by atoms with Gasteiger partial charge in [-0.15, -0.1) is 5.10 Å². The van der Waals surface area contributed by atoms with Crippen molar-refractivity contribution in [2.45, 2.75) is 6.54 Å². The lowest BCUT2D eigenvalue weighted by atomic mass is 10.2. The van der Waals surface area contributed by atoms with Gasteiger partial charge in [0.2, 0.25) is 0 Å². The summed E-state index contributed by atoms with van der Waals surface area (Å²) in [5, 5.41) is 11.0. The van der Waals surface area contributed by atoms with Crippen LogP contribution in [0.3, 0.4) is 0 Å². The molecule has 5 rings (SSSR count). The molecule has 9 heteroatoms. The van der Waals surface area contributed by atoms with Gasteiger partial charge in [-0.3, -0.25) is 14.2 Å². The molecule has 1 aromatic carbocycles. The molecule has 5 aromatic rings. The molecule has 152 valence electrons. The van der Waals surface area contributed by atoms with Crippen LogP contribution in [0.1, 0.15) is 16.1 Å². The molecule has 1 amide bonds. The Kier molecular flexibility index (Phi) is 4.60. The topological polar surface area (TPSA) is 107 Å². The summed E-state index contributed by atoms with van der Waals surface area (Å²) in [4.78, 5) is 29.1. The molecule has 0 fully saturated rings. The van der Waals surface area contributed by atoms with E-state index < -0.39 is 5.91 Å². The molecule has 0 saturated heterocycles. The molecule has 4 aromatic heterocycles. The van der Waals surface area contributed by atoms with E-state index in [0.29, 0.717) is 17.1 Å². The third-order valence-corrected chi connectivity index (χ3v) is 4.69. The van der Waals surface area contributed by atoms with Gasteiger partial charge in [0.25, 0.3) is 5.91 Å². The van der Waals surface area contributed by atoms with E-state index in [1.165, 1.54) is 9.08 Å². The number of hydrogen-bond donors (Lipinski definition) is 1. The minimum atomic E-state index is -0.402. The number of amides is 1. The Balaban J connectivity index is 1.33. The van der Waals surface area contributed by atoms with Crippen LogP contribution in [0, 0.1) is 0 Å². The molecule has 1 N–H and O–H groups in total.